The molecule has 1 heterocycles. The van der Waals surface area contributed by atoms with Crippen LogP contribution in [0.15, 0.2) is 30.6 Å². The lowest BCUT2D eigenvalue weighted by Crippen LogP contribution is -2.49. The van der Waals surface area contributed by atoms with Crippen LogP contribution in [0.1, 0.15) is 20.8 Å². The number of hydrogen-bond acceptors (Lipinski definition) is 1. The fourth-order valence-corrected chi connectivity index (χ4v) is 0.846. The molecule has 0 radical (unpaired) electrons. The van der Waals surface area contributed by atoms with Gasteiger partial charge >= 0.3 is 0 Å². The van der Waals surface area contributed by atoms with Crippen molar-refractivity contribution in [2.24, 2.45) is 0 Å². The van der Waals surface area contributed by atoms with Crippen LogP contribution in [0, 0.1) is 0 Å². The van der Waals surface area contributed by atoms with Crippen molar-refractivity contribution in [3.8, 4) is 0 Å². The van der Waals surface area contributed by atoms with E-state index < -0.39 is 0 Å². The summed E-state index contributed by atoms with van der Waals surface area (Å²) in [6.45, 7) is 6.56. The third-order valence-electron chi connectivity index (χ3n) is 1.49. The van der Waals surface area contributed by atoms with Crippen molar-refractivity contribution >= 4 is 9.12 Å². The lowest BCUT2D eigenvalue weighted by Gasteiger charge is -2.11. The molecule has 1 aromatic rings. The van der Waals surface area contributed by atoms with Gasteiger partial charge in [0.2, 0.25) is 0 Å². The number of rotatable bonds is 0. The van der Waals surface area contributed by atoms with Gasteiger partial charge in [0.1, 0.15) is 9.12 Å². The van der Waals surface area contributed by atoms with Gasteiger partial charge in [-0.15, -0.1) is 0 Å². The van der Waals surface area contributed by atoms with Gasteiger partial charge in [-0.1, -0.05) is 6.07 Å². The lowest BCUT2D eigenvalue weighted by molar-refractivity contribution is -0.754. The highest BCUT2D eigenvalue weighted by Gasteiger charge is 2.19. The summed E-state index contributed by atoms with van der Waals surface area (Å²) in [7, 11) is 1.72. The maximum Gasteiger partial charge on any atom is 0.169 e. The molecule has 0 unspecified atom stereocenters. The molecule has 0 N–H and O–H groups in total. The van der Waals surface area contributed by atoms with Crippen LogP contribution in [-0.2, 0) is 10.1 Å². The SMILES string of the molecule is CC(C)(C)[n+]1ccccc1.O=P. The molecule has 3 heteroatoms. The average Bonchev–Trinajstić information content (AvgIpc) is 2.08. The maximum atomic E-state index is 8.06. The Morgan fingerprint density at radius 3 is 1.67 bits per heavy atom. The fourth-order valence-electron chi connectivity index (χ4n) is 0.846. The summed E-state index contributed by atoms with van der Waals surface area (Å²) in [5.41, 5.74) is 0.210. The molecule has 0 bridgehead atoms. The van der Waals surface area contributed by atoms with Gasteiger partial charge in [-0.05, 0) is 0 Å². The summed E-state index contributed by atoms with van der Waals surface area (Å²) in [5.74, 6) is 0. The van der Waals surface area contributed by atoms with Crippen LogP contribution in [0.4, 0.5) is 0 Å². The first kappa shape index (κ1) is 11.2. The third-order valence-corrected chi connectivity index (χ3v) is 1.49. The highest BCUT2D eigenvalue weighted by molar-refractivity contribution is 7.00. The van der Waals surface area contributed by atoms with Gasteiger partial charge in [0.05, 0.1) is 0 Å². The van der Waals surface area contributed by atoms with E-state index >= 15 is 0 Å². The van der Waals surface area contributed by atoms with Crippen molar-refractivity contribution in [1.82, 2.24) is 0 Å². The molecule has 0 fully saturated rings. The first-order valence-corrected chi connectivity index (χ1v) is 4.19. The van der Waals surface area contributed by atoms with E-state index in [1.807, 2.05) is 18.2 Å². The molecule has 0 aliphatic carbocycles. The smallest absolute Gasteiger partial charge is 0.169 e. The van der Waals surface area contributed by atoms with Gasteiger partial charge < -0.3 is 0 Å². The van der Waals surface area contributed by atoms with Crippen molar-refractivity contribution in [2.45, 2.75) is 26.3 Å². The monoisotopic (exact) mass is 184 g/mol. The molecule has 0 atom stereocenters. The van der Waals surface area contributed by atoms with Gasteiger partial charge in [-0.3, -0.25) is 4.57 Å². The molecule has 2 nitrogen and oxygen atoms in total. The van der Waals surface area contributed by atoms with Gasteiger partial charge in [0, 0.05) is 32.9 Å². The van der Waals surface area contributed by atoms with Crippen molar-refractivity contribution in [3.05, 3.63) is 30.6 Å². The molecular formula is C9H15NOP+. The van der Waals surface area contributed by atoms with Crippen LogP contribution >= 0.6 is 9.12 Å². The molecule has 0 spiro atoms. The van der Waals surface area contributed by atoms with E-state index in [0.717, 1.165) is 0 Å². The molecule has 66 valence electrons. The van der Waals surface area contributed by atoms with Crippen LogP contribution in [0.25, 0.3) is 0 Å². The quantitative estimate of drug-likeness (QED) is 0.447. The molecule has 0 aliphatic rings. The number of aromatic nitrogens is 1. The Kier molecular flexibility index (Phi) is 4.68. The minimum Gasteiger partial charge on any atom is -0.279 e. The largest absolute Gasteiger partial charge is 0.279 e. The lowest BCUT2D eigenvalue weighted by atomic mass is 10.1. The molecule has 0 saturated heterocycles. The second kappa shape index (κ2) is 5.00. The molecule has 12 heavy (non-hydrogen) atoms. The third kappa shape index (κ3) is 3.59. The van der Waals surface area contributed by atoms with Gasteiger partial charge in [-0.25, -0.2) is 4.57 Å². The minimum absolute atomic E-state index is 0.210. The summed E-state index contributed by atoms with van der Waals surface area (Å²) in [6, 6.07) is 6.12. The molecule has 0 aromatic carbocycles. The van der Waals surface area contributed by atoms with Crippen molar-refractivity contribution < 1.29 is 9.13 Å². The Morgan fingerprint density at radius 1 is 1.00 bits per heavy atom. The predicted octanol–water partition coefficient (Wildman–Crippen LogP) is 2.20. The highest BCUT2D eigenvalue weighted by atomic mass is 31.0. The van der Waals surface area contributed by atoms with Gasteiger partial charge in [-0.2, -0.15) is 0 Å². The van der Waals surface area contributed by atoms with E-state index in [2.05, 4.69) is 37.7 Å². The van der Waals surface area contributed by atoms with Crippen molar-refractivity contribution in [3.63, 3.8) is 0 Å². The molecule has 0 saturated carbocycles. The van der Waals surface area contributed by atoms with E-state index in [9.17, 15) is 0 Å². The second-order valence-corrected chi connectivity index (χ2v) is 3.45. The first-order valence-electron chi connectivity index (χ1n) is 3.78. The second-order valence-electron chi connectivity index (χ2n) is 3.45. The van der Waals surface area contributed by atoms with Crippen LogP contribution < -0.4 is 4.57 Å². The molecule has 0 aliphatic heterocycles. The Bertz CT molecular complexity index is 218. The van der Waals surface area contributed by atoms with E-state index in [1.54, 1.807) is 9.12 Å². The van der Waals surface area contributed by atoms with E-state index in [1.165, 1.54) is 0 Å². The minimum atomic E-state index is 0.210. The van der Waals surface area contributed by atoms with Crippen molar-refractivity contribution in [1.29, 1.82) is 0 Å². The van der Waals surface area contributed by atoms with Gasteiger partial charge in [0.25, 0.3) is 0 Å². The molecule has 0 amide bonds. The van der Waals surface area contributed by atoms with Crippen LogP contribution in [-0.4, -0.2) is 0 Å². The predicted molar refractivity (Wildman–Crippen MR) is 50.6 cm³/mol. The van der Waals surface area contributed by atoms with Crippen LogP contribution in [0.2, 0.25) is 0 Å². The Hall–Kier alpha value is -0.750. The normalized spacial score (nSPS) is 9.92. The zero-order chi connectivity index (χ0) is 9.61. The Balaban J connectivity index is 0.000000561. The fraction of sp³-hybridized carbons (Fsp3) is 0.444. The topological polar surface area (TPSA) is 20.9 Å². The first-order chi connectivity index (χ1) is 5.61. The standard InChI is InChI=1S/C9H14N.HOP/c1-9(2,3)10-7-5-4-6-8-10;1-2/h4-8H,1-3H3;2H/q+1;. The van der Waals surface area contributed by atoms with Crippen molar-refractivity contribution in [2.75, 3.05) is 0 Å². The summed E-state index contributed by atoms with van der Waals surface area (Å²) < 4.78 is 10.2. The molecular weight excluding hydrogens is 169 g/mol. The zero-order valence-corrected chi connectivity index (χ0v) is 8.74. The molecule has 1 aromatic heterocycles. The summed E-state index contributed by atoms with van der Waals surface area (Å²) in [5, 5.41) is 0. The van der Waals surface area contributed by atoms with E-state index in [-0.39, 0.29) is 5.54 Å². The Labute approximate surface area is 75.9 Å². The molecule has 1 rings (SSSR count). The maximum absolute atomic E-state index is 8.06. The zero-order valence-electron chi connectivity index (χ0n) is 7.74. The number of pyridine rings is 1. The summed E-state index contributed by atoms with van der Waals surface area (Å²) >= 11 is 0. The van der Waals surface area contributed by atoms with Gasteiger partial charge in [0.15, 0.2) is 17.9 Å². The summed E-state index contributed by atoms with van der Waals surface area (Å²) in [6.07, 6.45) is 4.17. The van der Waals surface area contributed by atoms with E-state index in [4.69, 9.17) is 4.57 Å². The van der Waals surface area contributed by atoms with E-state index in [0.29, 0.717) is 0 Å². The average molecular weight is 184 g/mol. The summed E-state index contributed by atoms with van der Waals surface area (Å²) in [4.78, 5) is 0. The van der Waals surface area contributed by atoms with Crippen LogP contribution in [0.5, 0.6) is 0 Å². The Morgan fingerprint density at radius 2 is 1.42 bits per heavy atom. The van der Waals surface area contributed by atoms with Crippen LogP contribution in [0.3, 0.4) is 0 Å². The number of nitrogens with zero attached hydrogens (tertiary/aromatic N) is 1. The number of hydrogen-bond donors (Lipinski definition) is 0. The highest BCUT2D eigenvalue weighted by Crippen LogP contribution is 2.01.